The van der Waals surface area contributed by atoms with Crippen LogP contribution in [0.2, 0.25) is 0 Å². The van der Waals surface area contributed by atoms with E-state index in [9.17, 15) is 8.78 Å². The summed E-state index contributed by atoms with van der Waals surface area (Å²) in [5, 5.41) is 4.08. The number of rotatable bonds is 6. The van der Waals surface area contributed by atoms with Gasteiger partial charge in [-0.1, -0.05) is 6.07 Å². The minimum atomic E-state index is -0.907. The monoisotopic (exact) mass is 453 g/mol. The highest BCUT2D eigenvalue weighted by Crippen LogP contribution is 2.42. The van der Waals surface area contributed by atoms with Gasteiger partial charge < -0.3 is 8.92 Å². The van der Waals surface area contributed by atoms with Crippen molar-refractivity contribution < 1.29 is 17.7 Å². The van der Waals surface area contributed by atoms with E-state index in [2.05, 4.69) is 31.3 Å². The van der Waals surface area contributed by atoms with Crippen molar-refractivity contribution in [3.8, 4) is 0 Å². The smallest absolute Gasteiger partial charge is 0.137 e. The molecule has 2 heterocycles. The van der Waals surface area contributed by atoms with Gasteiger partial charge in [0.05, 0.1) is 29.0 Å². The number of nitrogens with zero attached hydrogens (tertiary/aromatic N) is 3. The lowest BCUT2D eigenvalue weighted by Gasteiger charge is -2.29. The van der Waals surface area contributed by atoms with Crippen molar-refractivity contribution in [1.82, 2.24) is 14.8 Å². The van der Waals surface area contributed by atoms with Gasteiger partial charge >= 0.3 is 0 Å². The molecule has 2 atom stereocenters. The maximum atomic E-state index is 14.4. The lowest BCUT2D eigenvalue weighted by Crippen LogP contribution is -2.32. The van der Waals surface area contributed by atoms with Gasteiger partial charge in [0.25, 0.3) is 0 Å². The Balaban J connectivity index is 1.91. The van der Waals surface area contributed by atoms with Crippen molar-refractivity contribution in [1.29, 1.82) is 0 Å². The van der Waals surface area contributed by atoms with Gasteiger partial charge in [-0.25, -0.2) is 18.4 Å². The summed E-state index contributed by atoms with van der Waals surface area (Å²) in [6, 6.07) is 3.57. The van der Waals surface area contributed by atoms with E-state index in [1.807, 2.05) is 0 Å². The Labute approximate surface area is 148 Å². The van der Waals surface area contributed by atoms with Crippen LogP contribution in [0.4, 0.5) is 8.78 Å². The molecule has 0 bridgehead atoms. The predicted octanol–water partition coefficient (Wildman–Crippen LogP) is 3.50. The first-order valence-electron chi connectivity index (χ1n) is 6.95. The largest absolute Gasteiger partial charge is 0.368 e. The number of benzene rings is 1. The van der Waals surface area contributed by atoms with Crippen LogP contribution in [0.15, 0.2) is 30.9 Å². The highest BCUT2D eigenvalue weighted by molar-refractivity contribution is 14.2. The molecule has 124 valence electrons. The molecule has 1 aliphatic heterocycles. The summed E-state index contributed by atoms with van der Waals surface area (Å²) in [5.41, 5.74) is -0.575. The molecular weight excluding hydrogens is 439 g/mol. The predicted molar refractivity (Wildman–Crippen MR) is 89.7 cm³/mol. The molecule has 1 aromatic heterocycles. The summed E-state index contributed by atoms with van der Waals surface area (Å²) >= 11 is 2.05. The van der Waals surface area contributed by atoms with Crippen molar-refractivity contribution in [3.05, 3.63) is 48.1 Å². The maximum Gasteiger partial charge on any atom is 0.137 e. The van der Waals surface area contributed by atoms with Gasteiger partial charge in [-0.3, -0.25) is 0 Å². The second kappa shape index (κ2) is 7.41. The third-order valence-corrected chi connectivity index (χ3v) is 4.86. The zero-order chi connectivity index (χ0) is 16.3. The van der Waals surface area contributed by atoms with Crippen molar-refractivity contribution in [2.45, 2.75) is 18.6 Å². The molecule has 9 heteroatoms. The van der Waals surface area contributed by atoms with E-state index in [-0.39, 0.29) is 5.92 Å². The maximum absolute atomic E-state index is 14.4. The fourth-order valence-electron chi connectivity index (χ4n) is 2.91. The second-order valence-electron chi connectivity index (χ2n) is 5.44. The van der Waals surface area contributed by atoms with Crippen molar-refractivity contribution >= 4 is 30.4 Å². The summed E-state index contributed by atoms with van der Waals surface area (Å²) in [6.07, 6.45) is 3.53. The molecule has 0 unspecified atom stereocenters. The standard InChI is InChI=1S/C14H14F2IN3O2S/c15-11-1-2-12(13(16)3-11)14(7-20-9-18-8-19-20)4-10(5-21-14)6-22-23-17/h1-3,8-10H,4-7H2/t10-,14+/m0/s1. The Morgan fingerprint density at radius 2 is 2.35 bits per heavy atom. The molecule has 23 heavy (non-hydrogen) atoms. The summed E-state index contributed by atoms with van der Waals surface area (Å²) in [6.45, 7) is 1.27. The molecule has 5 nitrogen and oxygen atoms in total. The van der Waals surface area contributed by atoms with Crippen LogP contribution in [-0.4, -0.2) is 28.0 Å². The normalized spacial score (nSPS) is 24.2. The van der Waals surface area contributed by atoms with E-state index in [4.69, 9.17) is 8.92 Å². The topological polar surface area (TPSA) is 49.2 Å². The molecule has 1 saturated heterocycles. The second-order valence-corrected chi connectivity index (χ2v) is 6.88. The van der Waals surface area contributed by atoms with Crippen molar-refractivity contribution in [2.75, 3.05) is 13.2 Å². The highest BCUT2D eigenvalue weighted by atomic mass is 127. The van der Waals surface area contributed by atoms with Crippen LogP contribution in [0.25, 0.3) is 0 Å². The van der Waals surface area contributed by atoms with E-state index >= 15 is 0 Å². The molecular formula is C14H14F2IN3O2S. The molecule has 1 aliphatic rings. The third kappa shape index (κ3) is 3.83. The Morgan fingerprint density at radius 1 is 1.48 bits per heavy atom. The first-order valence-corrected chi connectivity index (χ1v) is 10.2. The minimum Gasteiger partial charge on any atom is -0.368 e. The van der Waals surface area contributed by atoms with E-state index in [0.29, 0.717) is 31.7 Å². The Kier molecular flexibility index (Phi) is 5.49. The van der Waals surface area contributed by atoms with Gasteiger partial charge in [-0.05, 0) is 12.5 Å². The highest BCUT2D eigenvalue weighted by Gasteiger charge is 2.44. The first kappa shape index (κ1) is 17.1. The van der Waals surface area contributed by atoms with Gasteiger partial charge in [-0.2, -0.15) is 5.10 Å². The SMILES string of the molecule is Fc1ccc([C@]2(Cn3cncn3)C[C@H](COSI)CO2)c(F)c1. The number of aromatic nitrogens is 3. The average Bonchev–Trinajstić information content (AvgIpc) is 3.16. The molecule has 0 saturated carbocycles. The molecule has 0 spiro atoms. The number of ether oxygens (including phenoxy) is 1. The van der Waals surface area contributed by atoms with Gasteiger partial charge in [0.15, 0.2) is 0 Å². The molecule has 0 radical (unpaired) electrons. The van der Waals surface area contributed by atoms with Crippen LogP contribution in [-0.2, 0) is 21.1 Å². The fourth-order valence-corrected chi connectivity index (χ4v) is 3.59. The van der Waals surface area contributed by atoms with Gasteiger partial charge in [0.1, 0.15) is 29.9 Å². The Hall–Kier alpha value is -0.780. The lowest BCUT2D eigenvalue weighted by atomic mass is 9.87. The third-order valence-electron chi connectivity index (χ3n) is 3.87. The summed E-state index contributed by atoms with van der Waals surface area (Å²) in [7, 11) is 1.26. The Bertz CT molecular complexity index is 661. The van der Waals surface area contributed by atoms with Crippen LogP contribution in [0, 0.1) is 17.6 Å². The van der Waals surface area contributed by atoms with E-state index in [1.165, 1.54) is 27.7 Å². The molecule has 2 aromatic rings. The zero-order valence-corrected chi connectivity index (χ0v) is 15.0. The van der Waals surface area contributed by atoms with E-state index in [1.54, 1.807) is 11.0 Å². The number of halogens is 3. The van der Waals surface area contributed by atoms with Crippen molar-refractivity contribution in [2.24, 2.45) is 5.92 Å². The van der Waals surface area contributed by atoms with E-state index in [0.717, 1.165) is 6.07 Å². The molecule has 0 N–H and O–H groups in total. The molecule has 1 fully saturated rings. The van der Waals surface area contributed by atoms with Crippen LogP contribution in [0.3, 0.4) is 0 Å². The van der Waals surface area contributed by atoms with Crippen LogP contribution >= 0.6 is 30.4 Å². The summed E-state index contributed by atoms with van der Waals surface area (Å²) in [5.74, 6) is -1.10. The van der Waals surface area contributed by atoms with E-state index < -0.39 is 17.2 Å². The van der Waals surface area contributed by atoms with Gasteiger partial charge in [0, 0.05) is 38.8 Å². The number of hydrogen-bond donors (Lipinski definition) is 0. The fraction of sp³-hybridized carbons (Fsp3) is 0.429. The Morgan fingerprint density at radius 3 is 3.04 bits per heavy atom. The first-order chi connectivity index (χ1) is 11.1. The average molecular weight is 453 g/mol. The zero-order valence-electron chi connectivity index (χ0n) is 12.0. The van der Waals surface area contributed by atoms with Crippen LogP contribution < -0.4 is 0 Å². The minimum absolute atomic E-state index is 0.130. The molecule has 1 aromatic carbocycles. The van der Waals surface area contributed by atoms with Crippen molar-refractivity contribution in [3.63, 3.8) is 0 Å². The molecule has 0 aliphatic carbocycles. The summed E-state index contributed by atoms with van der Waals surface area (Å²) in [4.78, 5) is 3.91. The van der Waals surface area contributed by atoms with Gasteiger partial charge in [-0.15, -0.1) is 0 Å². The van der Waals surface area contributed by atoms with Gasteiger partial charge in [0.2, 0.25) is 0 Å². The van der Waals surface area contributed by atoms with Crippen LogP contribution in [0.1, 0.15) is 12.0 Å². The summed E-state index contributed by atoms with van der Waals surface area (Å²) < 4.78 is 40.6. The lowest BCUT2D eigenvalue weighted by molar-refractivity contribution is -0.0206. The molecule has 0 amide bonds. The molecule has 3 rings (SSSR count). The number of hydrogen-bond acceptors (Lipinski definition) is 5. The van der Waals surface area contributed by atoms with Crippen LogP contribution in [0.5, 0.6) is 0 Å². The quantitative estimate of drug-likeness (QED) is 0.495.